The average Bonchev–Trinajstić information content (AvgIpc) is 3.21. The molecule has 5 rings (SSSR count). The Hall–Kier alpha value is -3.80. The van der Waals surface area contributed by atoms with E-state index >= 15 is 0 Å². The van der Waals surface area contributed by atoms with E-state index in [1.165, 1.54) is 0 Å². The van der Waals surface area contributed by atoms with Crippen molar-refractivity contribution in [2.75, 3.05) is 58.2 Å². The Labute approximate surface area is 451 Å². The maximum absolute atomic E-state index is 11.5. The second-order valence-corrected chi connectivity index (χ2v) is 12.5. The number of nitrogens with zero attached hydrogens (tertiary/aromatic N) is 6. The van der Waals surface area contributed by atoms with E-state index in [0.29, 0.717) is 11.4 Å². The van der Waals surface area contributed by atoms with E-state index < -0.39 is 71.6 Å². The number of carboxylic acids is 4. The summed E-state index contributed by atoms with van der Waals surface area (Å²) in [6.07, 6.45) is -1.81. The zero-order valence-electron chi connectivity index (χ0n) is 34.9. The number of nitrogens with one attached hydrogen (secondary N) is 6. The van der Waals surface area contributed by atoms with Gasteiger partial charge in [0.1, 0.15) is 0 Å². The molecule has 0 saturated heterocycles. The molecule has 0 aliphatic carbocycles. The second kappa shape index (κ2) is 28.3. The van der Waals surface area contributed by atoms with Crippen LogP contribution >= 0.6 is 0 Å². The van der Waals surface area contributed by atoms with Crippen molar-refractivity contribution in [3.8, 4) is 0 Å². The van der Waals surface area contributed by atoms with Crippen LogP contribution in [0.1, 0.15) is 54.3 Å². The minimum Gasteiger partial charge on any atom is -0.545 e. The van der Waals surface area contributed by atoms with Crippen molar-refractivity contribution in [3.63, 3.8) is 0 Å². The summed E-state index contributed by atoms with van der Waals surface area (Å²) in [4.78, 5) is 71.7. The Bertz CT molecular complexity index is 2150. The van der Waals surface area contributed by atoms with Gasteiger partial charge in [0.25, 0.3) is 0 Å². The molecular weight excluding hydrogens is 884 g/mol. The number of aliphatic hydroxyl groups is 4. The van der Waals surface area contributed by atoms with Crippen molar-refractivity contribution < 1.29 is 178 Å². The number of benzene rings is 3. The van der Waals surface area contributed by atoms with Crippen LogP contribution in [-0.4, -0.2) is 113 Å². The van der Waals surface area contributed by atoms with Gasteiger partial charge >= 0.3 is 118 Å². The zero-order chi connectivity index (χ0) is 43.3. The topological polar surface area (TPSA) is 391 Å². The van der Waals surface area contributed by atoms with Gasteiger partial charge in [0, 0.05) is 35.8 Å². The summed E-state index contributed by atoms with van der Waals surface area (Å²) in [6.45, 7) is -0.729. The van der Waals surface area contributed by atoms with E-state index in [4.69, 9.17) is 10.2 Å². The summed E-state index contributed by atoms with van der Waals surface area (Å²) in [7, 11) is 0. The van der Waals surface area contributed by atoms with Gasteiger partial charge < -0.3 is 91.9 Å². The molecule has 0 spiro atoms. The van der Waals surface area contributed by atoms with Crippen molar-refractivity contribution >= 4 is 82.3 Å². The molecule has 0 aliphatic rings. The first-order chi connectivity index (χ1) is 28.7. The van der Waals surface area contributed by atoms with Gasteiger partial charge in [-0.25, -0.2) is 0 Å². The molecule has 64 heavy (non-hydrogen) atoms. The number of hydrogen-bond donors (Lipinski definition) is 10. The Morgan fingerprint density at radius 1 is 0.438 bits per heavy atom. The number of rotatable bonds is 22. The summed E-state index contributed by atoms with van der Waals surface area (Å²) in [6, 6.07) is 12.5. The van der Waals surface area contributed by atoms with E-state index in [2.05, 4.69) is 61.8 Å². The maximum Gasteiger partial charge on any atom is 1.00 e. The molecule has 0 fully saturated rings. The first-order valence-corrected chi connectivity index (χ1v) is 17.6. The second-order valence-electron chi connectivity index (χ2n) is 12.5. The van der Waals surface area contributed by atoms with Gasteiger partial charge in [0.05, 0.1) is 49.3 Å². The Morgan fingerprint density at radius 2 is 0.688 bits per heavy atom. The molecule has 0 radical (unpaired) electrons. The number of hydrogen-bond acceptors (Lipinski definition) is 24. The number of aromatic carboxylic acids is 4. The van der Waals surface area contributed by atoms with Crippen LogP contribution in [0.3, 0.4) is 0 Å². The smallest absolute Gasteiger partial charge is 0.545 e. The molecule has 28 heteroatoms. The fraction of sp³-hybridized carbons (Fsp3) is 0.222. The normalized spacial score (nSPS) is 11.1. The van der Waals surface area contributed by atoms with E-state index in [1.807, 2.05) is 0 Å². The first kappa shape index (κ1) is 58.2. The summed E-state index contributed by atoms with van der Waals surface area (Å²) in [5.41, 5.74) is -1.03. The van der Waals surface area contributed by atoms with Gasteiger partial charge in [-0.3, -0.25) is 0 Å². The summed E-state index contributed by atoms with van der Waals surface area (Å²) < 4.78 is 0. The number of carbonyl (C=O) groups excluding carboxylic acids is 4. The maximum atomic E-state index is 11.5. The number of anilines is 10. The molecule has 0 amide bonds. The number of aromatic nitrogens is 6. The molecule has 314 valence electrons. The van der Waals surface area contributed by atoms with Gasteiger partial charge in [-0.15, -0.1) is 0 Å². The van der Waals surface area contributed by atoms with Gasteiger partial charge in [0.2, 0.25) is 35.7 Å². The molecule has 3 aromatic carbocycles. The first-order valence-electron chi connectivity index (χ1n) is 17.6. The van der Waals surface area contributed by atoms with Gasteiger partial charge in [-0.2, -0.15) is 29.9 Å². The van der Waals surface area contributed by atoms with Crippen LogP contribution < -0.4 is 171 Å². The van der Waals surface area contributed by atoms with Crippen LogP contribution in [0.4, 0.5) is 58.4 Å². The molecule has 24 nitrogen and oxygen atoms in total. The SMILES string of the molecule is O=C([O-])c1cc(Nc2nc(NCCC(O)CO)nc(Nc3ccc(Nc4nc(NCCC(O)CO)nc(Nc5cc(C(=O)[O-])cc(C(=O)[O-])c5)n4)cc3)n2)cc(C(=O)[O-])c1.[Na+].[Na+].[Na+].[Na+]. The van der Waals surface area contributed by atoms with Crippen LogP contribution in [0.25, 0.3) is 0 Å². The minimum atomic E-state index is -1.64. The van der Waals surface area contributed by atoms with Crippen LogP contribution in [0.2, 0.25) is 0 Å². The Morgan fingerprint density at radius 3 is 0.938 bits per heavy atom. The van der Waals surface area contributed by atoms with Gasteiger partial charge in [-0.05, 0) is 95.8 Å². The van der Waals surface area contributed by atoms with Crippen LogP contribution in [-0.2, 0) is 0 Å². The fourth-order valence-electron chi connectivity index (χ4n) is 5.04. The molecule has 2 atom stereocenters. The molecular formula is C36H34N12Na4O12. The third-order valence-corrected chi connectivity index (χ3v) is 7.93. The molecule has 0 aliphatic heterocycles. The summed E-state index contributed by atoms with van der Waals surface area (Å²) >= 11 is 0. The summed E-state index contributed by atoms with van der Waals surface area (Å²) in [5, 5.41) is 101. The minimum absolute atomic E-state index is 0. The Balaban J connectivity index is 0.00000512. The van der Waals surface area contributed by atoms with Crippen molar-refractivity contribution in [2.24, 2.45) is 0 Å². The Kier molecular flexibility index (Phi) is 25.7. The van der Waals surface area contributed by atoms with Gasteiger partial charge in [0.15, 0.2) is 0 Å². The van der Waals surface area contributed by atoms with E-state index in [9.17, 15) is 49.8 Å². The predicted octanol–water partition coefficient (Wildman–Crippen LogP) is -15.2. The third kappa shape index (κ3) is 18.2. The third-order valence-electron chi connectivity index (χ3n) is 7.93. The van der Waals surface area contributed by atoms with Crippen molar-refractivity contribution in [1.29, 1.82) is 0 Å². The largest absolute Gasteiger partial charge is 1.00 e. The number of carboxylic acid groups (broad SMARTS) is 4. The van der Waals surface area contributed by atoms with Crippen molar-refractivity contribution in [3.05, 3.63) is 82.9 Å². The van der Waals surface area contributed by atoms with Crippen molar-refractivity contribution in [1.82, 2.24) is 29.9 Å². The summed E-state index contributed by atoms with van der Waals surface area (Å²) in [5.74, 6) is -7.02. The quantitative estimate of drug-likeness (QED) is 0.0288. The van der Waals surface area contributed by atoms with E-state index in [1.54, 1.807) is 24.3 Å². The van der Waals surface area contributed by atoms with Gasteiger partial charge in [-0.1, -0.05) is 0 Å². The fourth-order valence-corrected chi connectivity index (χ4v) is 5.04. The number of aliphatic hydroxyl groups excluding tert-OH is 4. The molecule has 0 saturated carbocycles. The predicted molar refractivity (Wildman–Crippen MR) is 202 cm³/mol. The molecule has 5 aromatic rings. The molecule has 0 bridgehead atoms. The van der Waals surface area contributed by atoms with Crippen molar-refractivity contribution in [2.45, 2.75) is 25.0 Å². The molecule has 2 aromatic heterocycles. The molecule has 2 unspecified atom stereocenters. The number of carbonyl (C=O) groups is 4. The van der Waals surface area contributed by atoms with Crippen LogP contribution in [0, 0.1) is 0 Å². The monoisotopic (exact) mass is 918 g/mol. The molecule has 10 N–H and O–H groups in total. The van der Waals surface area contributed by atoms with Crippen LogP contribution in [0.5, 0.6) is 0 Å². The van der Waals surface area contributed by atoms with E-state index in [0.717, 1.165) is 36.4 Å². The standard InChI is InChI=1S/C36H38N12O12.4Na/c49-15-25(51)5-7-37-31-43-33(47-35(45-31)41-23-11-17(27(53)54)9-18(12-23)28(55)56)39-21-1-2-22(4-3-21)40-34-44-32(38-8-6-26(52)16-50)46-36(48-34)42-24-13-19(29(57)58)10-20(14-24)30(59)60;;;;/h1-4,9-14,25-26,49-52H,5-8,15-16H2,(H,53,54)(H,55,56)(H,57,58)(H,59,60)(H3,37,39,41,43,45,47)(H3,38,40,42,44,46,48);;;;/q;4*+1/p-4. The average molecular weight is 919 g/mol. The van der Waals surface area contributed by atoms with Crippen LogP contribution in [0.15, 0.2) is 60.7 Å². The molecule has 2 heterocycles. The zero-order valence-corrected chi connectivity index (χ0v) is 42.9. The van der Waals surface area contributed by atoms with E-state index in [-0.39, 0.29) is 191 Å².